The second-order valence-corrected chi connectivity index (χ2v) is 5.85. The fourth-order valence-electron chi connectivity index (χ4n) is 2.63. The van der Waals surface area contributed by atoms with Gasteiger partial charge in [-0.25, -0.2) is 9.37 Å². The summed E-state index contributed by atoms with van der Waals surface area (Å²) in [5.41, 5.74) is 2.28. The van der Waals surface area contributed by atoms with E-state index in [1.165, 1.54) is 12.3 Å². The van der Waals surface area contributed by atoms with Crippen molar-refractivity contribution in [1.82, 2.24) is 10.3 Å². The van der Waals surface area contributed by atoms with Crippen molar-refractivity contribution in [3.63, 3.8) is 0 Å². The maximum Gasteiger partial charge on any atom is 0.269 e. The first-order valence-electron chi connectivity index (χ1n) is 8.55. The minimum Gasteiger partial charge on any atom is -0.496 e. The lowest BCUT2D eigenvalue weighted by Crippen LogP contribution is -2.26. The van der Waals surface area contributed by atoms with Crippen LogP contribution in [0.25, 0.3) is 0 Å². The fourth-order valence-corrected chi connectivity index (χ4v) is 2.63. The van der Waals surface area contributed by atoms with E-state index in [0.29, 0.717) is 30.0 Å². The van der Waals surface area contributed by atoms with Gasteiger partial charge in [0.1, 0.15) is 17.3 Å². The van der Waals surface area contributed by atoms with Crippen molar-refractivity contribution in [3.05, 3.63) is 83.9 Å². The molecule has 6 heteroatoms. The van der Waals surface area contributed by atoms with E-state index in [0.717, 1.165) is 11.3 Å². The summed E-state index contributed by atoms with van der Waals surface area (Å²) in [6.45, 7) is 0.468. The molecule has 0 radical (unpaired) electrons. The number of methoxy groups -OCH3 is 1. The molecule has 0 spiro atoms. The molecule has 0 aliphatic rings. The average molecular weight is 365 g/mol. The molecule has 0 unspecified atom stereocenters. The van der Waals surface area contributed by atoms with Crippen molar-refractivity contribution < 1.29 is 13.9 Å². The molecule has 0 fully saturated rings. The predicted octanol–water partition coefficient (Wildman–Crippen LogP) is 3.95. The van der Waals surface area contributed by atoms with Crippen molar-refractivity contribution >= 4 is 17.3 Å². The minimum absolute atomic E-state index is 0.262. The highest BCUT2D eigenvalue weighted by atomic mass is 19.1. The number of rotatable bonds is 7. The lowest BCUT2D eigenvalue weighted by molar-refractivity contribution is 0.0949. The number of benzene rings is 2. The third-order valence-electron chi connectivity index (χ3n) is 4.02. The Hall–Kier alpha value is -3.41. The Morgan fingerprint density at radius 3 is 2.59 bits per heavy atom. The molecule has 27 heavy (non-hydrogen) atoms. The van der Waals surface area contributed by atoms with E-state index in [9.17, 15) is 9.18 Å². The number of amides is 1. The van der Waals surface area contributed by atoms with E-state index < -0.39 is 0 Å². The van der Waals surface area contributed by atoms with Crippen molar-refractivity contribution in [3.8, 4) is 5.75 Å². The highest BCUT2D eigenvalue weighted by Gasteiger charge is 2.08. The molecule has 3 rings (SSSR count). The van der Waals surface area contributed by atoms with Crippen LogP contribution in [0.1, 0.15) is 16.1 Å². The highest BCUT2D eigenvalue weighted by Crippen LogP contribution is 2.19. The molecule has 3 aromatic rings. The first kappa shape index (κ1) is 18.4. The second-order valence-electron chi connectivity index (χ2n) is 5.85. The zero-order valence-electron chi connectivity index (χ0n) is 14.9. The van der Waals surface area contributed by atoms with E-state index in [1.54, 1.807) is 37.4 Å². The van der Waals surface area contributed by atoms with Crippen LogP contribution in [0.3, 0.4) is 0 Å². The number of hydrogen-bond acceptors (Lipinski definition) is 4. The normalized spacial score (nSPS) is 10.3. The fraction of sp³-hybridized carbons (Fsp3) is 0.143. The number of anilines is 2. The van der Waals surface area contributed by atoms with Crippen LogP contribution in [-0.2, 0) is 6.42 Å². The van der Waals surface area contributed by atoms with Crippen molar-refractivity contribution in [2.45, 2.75) is 6.42 Å². The van der Waals surface area contributed by atoms with Crippen LogP contribution >= 0.6 is 0 Å². The molecular weight excluding hydrogens is 345 g/mol. The number of hydrogen-bond donors (Lipinski definition) is 2. The van der Waals surface area contributed by atoms with Crippen molar-refractivity contribution in [2.24, 2.45) is 0 Å². The molecule has 0 atom stereocenters. The van der Waals surface area contributed by atoms with E-state index in [1.807, 2.05) is 24.3 Å². The average Bonchev–Trinajstić information content (AvgIpc) is 2.70. The number of pyridine rings is 1. The lowest BCUT2D eigenvalue weighted by atomic mass is 10.1. The maximum atomic E-state index is 13.7. The van der Waals surface area contributed by atoms with E-state index in [4.69, 9.17) is 4.74 Å². The Balaban J connectivity index is 1.55. The minimum atomic E-state index is -0.351. The first-order chi connectivity index (χ1) is 13.2. The SMILES string of the molecule is COc1ccccc1CCNC(=O)c1ccc(Nc2ccccc2F)cn1. The van der Waals surface area contributed by atoms with Gasteiger partial charge < -0.3 is 15.4 Å². The Labute approximate surface area is 157 Å². The number of ether oxygens (including phenoxy) is 1. The standard InChI is InChI=1S/C21H20FN3O2/c1-27-20-9-5-2-6-15(20)12-13-23-21(26)19-11-10-16(14-24-19)25-18-8-4-3-7-17(18)22/h2-11,14,25H,12-13H2,1H3,(H,23,26). The van der Waals surface area contributed by atoms with E-state index in [2.05, 4.69) is 15.6 Å². The Morgan fingerprint density at radius 2 is 1.85 bits per heavy atom. The zero-order chi connectivity index (χ0) is 19.1. The van der Waals surface area contributed by atoms with Gasteiger partial charge in [0, 0.05) is 6.54 Å². The van der Waals surface area contributed by atoms with Gasteiger partial charge in [-0.15, -0.1) is 0 Å². The smallest absolute Gasteiger partial charge is 0.269 e. The summed E-state index contributed by atoms with van der Waals surface area (Å²) >= 11 is 0. The monoisotopic (exact) mass is 365 g/mol. The molecule has 2 aromatic carbocycles. The summed E-state index contributed by atoms with van der Waals surface area (Å²) in [4.78, 5) is 16.4. The van der Waals surface area contributed by atoms with Crippen molar-refractivity contribution in [2.75, 3.05) is 19.0 Å². The quantitative estimate of drug-likeness (QED) is 0.666. The molecule has 0 saturated carbocycles. The van der Waals surface area contributed by atoms with E-state index >= 15 is 0 Å². The van der Waals surface area contributed by atoms with Gasteiger partial charge in [0.15, 0.2) is 0 Å². The predicted molar refractivity (Wildman–Crippen MR) is 103 cm³/mol. The summed E-state index contributed by atoms with van der Waals surface area (Å²) in [6, 6.07) is 17.3. The molecule has 2 N–H and O–H groups in total. The second kappa shape index (κ2) is 8.80. The van der Waals surface area contributed by atoms with Gasteiger partial charge in [0.2, 0.25) is 0 Å². The largest absolute Gasteiger partial charge is 0.496 e. The van der Waals surface area contributed by atoms with Gasteiger partial charge in [-0.1, -0.05) is 30.3 Å². The molecule has 0 aliphatic heterocycles. The van der Waals surface area contributed by atoms with Crippen LogP contribution in [0.15, 0.2) is 66.9 Å². The third-order valence-corrected chi connectivity index (χ3v) is 4.02. The number of carbonyl (C=O) groups excluding carboxylic acids is 1. The topological polar surface area (TPSA) is 63.2 Å². The van der Waals surface area contributed by atoms with E-state index in [-0.39, 0.29) is 11.7 Å². The van der Waals surface area contributed by atoms with Crippen LogP contribution < -0.4 is 15.4 Å². The summed E-state index contributed by atoms with van der Waals surface area (Å²) in [5, 5.41) is 5.77. The number of halogens is 1. The summed E-state index contributed by atoms with van der Waals surface area (Å²) < 4.78 is 19.0. The van der Waals surface area contributed by atoms with Gasteiger partial charge in [-0.2, -0.15) is 0 Å². The van der Waals surface area contributed by atoms with Gasteiger partial charge in [0.25, 0.3) is 5.91 Å². The Kier molecular flexibility index (Phi) is 5.99. The first-order valence-corrected chi connectivity index (χ1v) is 8.55. The van der Waals surface area contributed by atoms with Gasteiger partial charge in [0.05, 0.1) is 24.7 Å². The number of para-hydroxylation sites is 2. The maximum absolute atomic E-state index is 13.7. The molecule has 0 aliphatic carbocycles. The molecule has 1 amide bonds. The highest BCUT2D eigenvalue weighted by molar-refractivity contribution is 5.92. The number of aromatic nitrogens is 1. The summed E-state index contributed by atoms with van der Waals surface area (Å²) in [6.07, 6.45) is 2.16. The molecule has 0 bridgehead atoms. The van der Waals surface area contributed by atoms with Crippen LogP contribution in [0.4, 0.5) is 15.8 Å². The third kappa shape index (κ3) is 4.82. The number of nitrogens with one attached hydrogen (secondary N) is 2. The van der Waals surface area contributed by atoms with Crippen LogP contribution in [0.5, 0.6) is 5.75 Å². The number of nitrogens with zero attached hydrogens (tertiary/aromatic N) is 1. The summed E-state index contributed by atoms with van der Waals surface area (Å²) in [5.74, 6) is 0.187. The molecule has 138 valence electrons. The molecule has 0 saturated heterocycles. The van der Waals surface area contributed by atoms with Gasteiger partial charge in [-0.3, -0.25) is 4.79 Å². The lowest BCUT2D eigenvalue weighted by Gasteiger charge is -2.10. The molecule has 1 heterocycles. The Morgan fingerprint density at radius 1 is 1.07 bits per heavy atom. The van der Waals surface area contributed by atoms with Crippen LogP contribution in [0, 0.1) is 5.82 Å². The molecular formula is C21H20FN3O2. The molecule has 5 nitrogen and oxygen atoms in total. The van der Waals surface area contributed by atoms with Gasteiger partial charge >= 0.3 is 0 Å². The number of carbonyl (C=O) groups is 1. The Bertz CT molecular complexity index is 913. The molecule has 1 aromatic heterocycles. The summed E-state index contributed by atoms with van der Waals surface area (Å²) in [7, 11) is 1.62. The van der Waals surface area contributed by atoms with Crippen molar-refractivity contribution in [1.29, 1.82) is 0 Å². The van der Waals surface area contributed by atoms with Crippen LogP contribution in [0.2, 0.25) is 0 Å². The van der Waals surface area contributed by atoms with Gasteiger partial charge in [-0.05, 0) is 42.3 Å². The van der Waals surface area contributed by atoms with Crippen LogP contribution in [-0.4, -0.2) is 24.5 Å². The zero-order valence-corrected chi connectivity index (χ0v) is 14.9.